The van der Waals surface area contributed by atoms with E-state index in [-0.39, 0.29) is 24.5 Å². The number of hydrogen-bond acceptors (Lipinski definition) is 4. The highest BCUT2D eigenvalue weighted by Gasteiger charge is 2.08. The zero-order valence-corrected chi connectivity index (χ0v) is 12.3. The van der Waals surface area contributed by atoms with Gasteiger partial charge in [-0.2, -0.15) is 5.10 Å². The zero-order chi connectivity index (χ0) is 15.9. The lowest BCUT2D eigenvalue weighted by Gasteiger charge is -2.07. The first-order chi connectivity index (χ1) is 10.6. The van der Waals surface area contributed by atoms with Gasteiger partial charge in [0.15, 0.2) is 0 Å². The molecule has 5 nitrogen and oxygen atoms in total. The van der Waals surface area contributed by atoms with Crippen LogP contribution in [0.2, 0.25) is 0 Å². The van der Waals surface area contributed by atoms with Gasteiger partial charge in [0, 0.05) is 24.6 Å². The molecular formula is C16H17FN2O3. The molecule has 0 N–H and O–H groups in total. The molecule has 0 spiro atoms. The van der Waals surface area contributed by atoms with E-state index in [0.717, 1.165) is 0 Å². The van der Waals surface area contributed by atoms with Gasteiger partial charge in [-0.25, -0.2) is 9.07 Å². The SMILES string of the molecule is CCOC(=O)CCCn1nc(-c2ccccc2F)ccc1=O. The molecular weight excluding hydrogens is 287 g/mol. The van der Waals surface area contributed by atoms with Crippen molar-refractivity contribution in [2.24, 2.45) is 0 Å². The molecule has 0 amide bonds. The molecule has 22 heavy (non-hydrogen) atoms. The molecule has 0 unspecified atom stereocenters. The summed E-state index contributed by atoms with van der Waals surface area (Å²) in [5, 5.41) is 4.16. The van der Waals surface area contributed by atoms with Gasteiger partial charge in [-0.15, -0.1) is 0 Å². The summed E-state index contributed by atoms with van der Waals surface area (Å²) in [6, 6.07) is 9.07. The number of halogens is 1. The molecule has 0 saturated carbocycles. The van der Waals surface area contributed by atoms with E-state index < -0.39 is 5.82 Å². The van der Waals surface area contributed by atoms with Crippen molar-refractivity contribution in [1.29, 1.82) is 0 Å². The molecule has 0 aliphatic rings. The lowest BCUT2D eigenvalue weighted by molar-refractivity contribution is -0.143. The number of ether oxygens (including phenoxy) is 1. The lowest BCUT2D eigenvalue weighted by atomic mass is 10.1. The molecule has 0 fully saturated rings. The van der Waals surface area contributed by atoms with Crippen LogP contribution in [0.5, 0.6) is 0 Å². The number of rotatable bonds is 6. The smallest absolute Gasteiger partial charge is 0.305 e. The number of benzene rings is 1. The van der Waals surface area contributed by atoms with Gasteiger partial charge in [-0.05, 0) is 31.5 Å². The summed E-state index contributed by atoms with van der Waals surface area (Å²) in [5.41, 5.74) is 0.430. The van der Waals surface area contributed by atoms with Gasteiger partial charge >= 0.3 is 5.97 Å². The number of aromatic nitrogens is 2. The molecule has 1 heterocycles. The van der Waals surface area contributed by atoms with Gasteiger partial charge in [0.25, 0.3) is 5.56 Å². The van der Waals surface area contributed by atoms with Crippen LogP contribution >= 0.6 is 0 Å². The molecule has 0 atom stereocenters. The summed E-state index contributed by atoms with van der Waals surface area (Å²) in [5.74, 6) is -0.701. The fraction of sp³-hybridized carbons (Fsp3) is 0.312. The van der Waals surface area contributed by atoms with Gasteiger partial charge in [-0.3, -0.25) is 9.59 Å². The normalized spacial score (nSPS) is 10.5. The number of carbonyl (C=O) groups excluding carboxylic acids is 1. The average Bonchev–Trinajstić information content (AvgIpc) is 2.50. The number of hydrogen-bond donors (Lipinski definition) is 0. The predicted octanol–water partition coefficient (Wildman–Crippen LogP) is 2.39. The maximum atomic E-state index is 13.8. The Bertz CT molecular complexity index is 713. The minimum atomic E-state index is -0.397. The first-order valence-corrected chi connectivity index (χ1v) is 7.10. The highest BCUT2D eigenvalue weighted by molar-refractivity contribution is 5.69. The van der Waals surface area contributed by atoms with E-state index in [2.05, 4.69) is 5.10 Å². The minimum Gasteiger partial charge on any atom is -0.466 e. The molecule has 2 rings (SSSR count). The highest BCUT2D eigenvalue weighted by atomic mass is 19.1. The van der Waals surface area contributed by atoms with Crippen molar-refractivity contribution < 1.29 is 13.9 Å². The van der Waals surface area contributed by atoms with Crippen molar-refractivity contribution in [1.82, 2.24) is 9.78 Å². The number of nitrogens with zero attached hydrogens (tertiary/aromatic N) is 2. The largest absolute Gasteiger partial charge is 0.466 e. The van der Waals surface area contributed by atoms with Crippen LogP contribution in [0.15, 0.2) is 41.2 Å². The molecule has 0 aliphatic carbocycles. The third-order valence-corrected chi connectivity index (χ3v) is 3.07. The number of aryl methyl sites for hydroxylation is 1. The lowest BCUT2D eigenvalue weighted by Crippen LogP contribution is -2.23. The van der Waals surface area contributed by atoms with Gasteiger partial charge in [-0.1, -0.05) is 12.1 Å². The predicted molar refractivity (Wildman–Crippen MR) is 79.8 cm³/mol. The van der Waals surface area contributed by atoms with Crippen molar-refractivity contribution in [3.05, 3.63) is 52.6 Å². The van der Waals surface area contributed by atoms with Gasteiger partial charge in [0.05, 0.1) is 12.3 Å². The fourth-order valence-electron chi connectivity index (χ4n) is 2.03. The zero-order valence-electron chi connectivity index (χ0n) is 12.3. The molecule has 116 valence electrons. The van der Waals surface area contributed by atoms with Crippen LogP contribution in [0.25, 0.3) is 11.3 Å². The third kappa shape index (κ3) is 4.00. The van der Waals surface area contributed by atoms with Gasteiger partial charge in [0.1, 0.15) is 5.82 Å². The second kappa shape index (κ2) is 7.49. The second-order valence-corrected chi connectivity index (χ2v) is 4.67. The van der Waals surface area contributed by atoms with E-state index in [1.807, 2.05) is 0 Å². The number of carbonyl (C=O) groups is 1. The Morgan fingerprint density at radius 2 is 2.05 bits per heavy atom. The van der Waals surface area contributed by atoms with Crippen LogP contribution < -0.4 is 5.56 Å². The molecule has 0 saturated heterocycles. The fourth-order valence-corrected chi connectivity index (χ4v) is 2.03. The Hall–Kier alpha value is -2.50. The summed E-state index contributed by atoms with van der Waals surface area (Å²) >= 11 is 0. The van der Waals surface area contributed by atoms with E-state index >= 15 is 0 Å². The van der Waals surface area contributed by atoms with Crippen molar-refractivity contribution >= 4 is 5.97 Å². The Kier molecular flexibility index (Phi) is 5.41. The summed E-state index contributed by atoms with van der Waals surface area (Å²) in [6.07, 6.45) is 0.651. The quantitative estimate of drug-likeness (QED) is 0.769. The van der Waals surface area contributed by atoms with E-state index in [0.29, 0.717) is 24.3 Å². The molecule has 1 aromatic carbocycles. The standard InChI is InChI=1S/C16H17FN2O3/c1-2-22-16(21)8-5-11-19-15(20)10-9-14(18-19)12-6-3-4-7-13(12)17/h3-4,6-7,9-10H,2,5,8,11H2,1H3. The maximum absolute atomic E-state index is 13.8. The molecule has 2 aromatic rings. The van der Waals surface area contributed by atoms with E-state index in [4.69, 9.17) is 4.74 Å². The molecule has 6 heteroatoms. The molecule has 0 radical (unpaired) electrons. The molecule has 1 aromatic heterocycles. The maximum Gasteiger partial charge on any atom is 0.305 e. The second-order valence-electron chi connectivity index (χ2n) is 4.67. The third-order valence-electron chi connectivity index (χ3n) is 3.07. The monoisotopic (exact) mass is 304 g/mol. The van der Waals surface area contributed by atoms with Crippen LogP contribution in [0, 0.1) is 5.82 Å². The Balaban J connectivity index is 2.13. The van der Waals surface area contributed by atoms with Crippen LogP contribution in [-0.4, -0.2) is 22.4 Å². The summed E-state index contributed by atoms with van der Waals surface area (Å²) in [4.78, 5) is 23.1. The van der Waals surface area contributed by atoms with E-state index in [1.54, 1.807) is 25.1 Å². The van der Waals surface area contributed by atoms with Crippen LogP contribution in [0.1, 0.15) is 19.8 Å². The Morgan fingerprint density at radius 3 is 2.77 bits per heavy atom. The summed E-state index contributed by atoms with van der Waals surface area (Å²) in [7, 11) is 0. The molecule has 0 aliphatic heterocycles. The van der Waals surface area contributed by atoms with Crippen molar-refractivity contribution in [3.8, 4) is 11.3 Å². The summed E-state index contributed by atoms with van der Waals surface area (Å²) < 4.78 is 19.8. The Labute approximate surface area is 127 Å². The topological polar surface area (TPSA) is 61.2 Å². The molecule has 0 bridgehead atoms. The first kappa shape index (κ1) is 15.9. The number of esters is 1. The van der Waals surface area contributed by atoms with Crippen LogP contribution in [-0.2, 0) is 16.1 Å². The van der Waals surface area contributed by atoms with Crippen molar-refractivity contribution in [2.75, 3.05) is 6.61 Å². The van der Waals surface area contributed by atoms with E-state index in [9.17, 15) is 14.0 Å². The average molecular weight is 304 g/mol. The van der Waals surface area contributed by atoms with Gasteiger partial charge in [0.2, 0.25) is 0 Å². The van der Waals surface area contributed by atoms with Crippen LogP contribution in [0.3, 0.4) is 0 Å². The Morgan fingerprint density at radius 1 is 1.27 bits per heavy atom. The van der Waals surface area contributed by atoms with Crippen LogP contribution in [0.4, 0.5) is 4.39 Å². The highest BCUT2D eigenvalue weighted by Crippen LogP contribution is 2.18. The van der Waals surface area contributed by atoms with Gasteiger partial charge < -0.3 is 4.74 Å². The van der Waals surface area contributed by atoms with Crippen molar-refractivity contribution in [2.45, 2.75) is 26.3 Å². The first-order valence-electron chi connectivity index (χ1n) is 7.10. The van der Waals surface area contributed by atoms with E-state index in [1.165, 1.54) is 22.9 Å². The minimum absolute atomic E-state index is 0.214. The van der Waals surface area contributed by atoms with Crippen molar-refractivity contribution in [3.63, 3.8) is 0 Å². The summed E-state index contributed by atoms with van der Waals surface area (Å²) in [6.45, 7) is 2.35.